The molecule has 2 atom stereocenters. The molecule has 0 aliphatic carbocycles. The lowest BCUT2D eigenvalue weighted by molar-refractivity contribution is -0.124. The fourth-order valence-electron chi connectivity index (χ4n) is 3.61. The summed E-state index contributed by atoms with van der Waals surface area (Å²) in [4.78, 5) is 19.0. The van der Waals surface area contributed by atoms with Crippen molar-refractivity contribution in [2.24, 2.45) is 4.99 Å². The Hall–Kier alpha value is -2.12. The number of amides is 1. The van der Waals surface area contributed by atoms with Gasteiger partial charge in [-0.3, -0.25) is 9.79 Å². The fraction of sp³-hybridized carbons (Fsp3) is 0.652. The zero-order valence-corrected chi connectivity index (χ0v) is 19.0. The highest BCUT2D eigenvalue weighted by molar-refractivity contribution is 5.94. The van der Waals surface area contributed by atoms with Crippen molar-refractivity contribution in [3.8, 4) is 0 Å². The standard InChI is InChI=1S/C23H39N5O2/c1-5-28(6-2)14-8-10-18(3)26-23(24-4)25-17-19-11-7-12-20(16-19)27-22(29)21-13-9-15-30-21/h7,11-12,16,18,21H,5-6,8-10,13-15,17H2,1-4H3,(H,27,29)(H2,24,25,26). The lowest BCUT2D eigenvalue weighted by atomic mass is 10.1. The number of rotatable bonds is 11. The Labute approximate surface area is 181 Å². The molecule has 2 unspecified atom stereocenters. The van der Waals surface area contributed by atoms with Crippen LogP contribution in [0.1, 0.15) is 52.0 Å². The molecule has 1 aliphatic rings. The van der Waals surface area contributed by atoms with Gasteiger partial charge in [-0.15, -0.1) is 0 Å². The largest absolute Gasteiger partial charge is 0.368 e. The highest BCUT2D eigenvalue weighted by Gasteiger charge is 2.23. The number of hydrogen-bond donors (Lipinski definition) is 3. The predicted octanol–water partition coefficient (Wildman–Crippen LogP) is 2.98. The number of nitrogens with zero attached hydrogens (tertiary/aromatic N) is 2. The number of carbonyl (C=O) groups excluding carboxylic acids is 1. The van der Waals surface area contributed by atoms with Gasteiger partial charge in [0.25, 0.3) is 5.91 Å². The Morgan fingerprint density at radius 2 is 2.13 bits per heavy atom. The summed E-state index contributed by atoms with van der Waals surface area (Å²) in [5, 5.41) is 9.79. The molecule has 1 aromatic rings. The molecule has 7 heteroatoms. The average molecular weight is 418 g/mol. The maximum Gasteiger partial charge on any atom is 0.253 e. The van der Waals surface area contributed by atoms with E-state index in [-0.39, 0.29) is 12.0 Å². The minimum atomic E-state index is -0.321. The molecule has 0 bridgehead atoms. The van der Waals surface area contributed by atoms with Crippen LogP contribution in [0.4, 0.5) is 5.69 Å². The topological polar surface area (TPSA) is 78.0 Å². The molecular formula is C23H39N5O2. The molecule has 1 aliphatic heterocycles. The van der Waals surface area contributed by atoms with Gasteiger partial charge in [0.2, 0.25) is 0 Å². The Balaban J connectivity index is 1.76. The third-order valence-corrected chi connectivity index (χ3v) is 5.49. The summed E-state index contributed by atoms with van der Waals surface area (Å²) >= 11 is 0. The molecular weight excluding hydrogens is 378 g/mol. The highest BCUT2D eigenvalue weighted by Crippen LogP contribution is 2.16. The molecule has 1 aromatic carbocycles. The molecule has 1 amide bonds. The van der Waals surface area contributed by atoms with Crippen molar-refractivity contribution in [3.05, 3.63) is 29.8 Å². The lowest BCUT2D eigenvalue weighted by Crippen LogP contribution is -2.42. The lowest BCUT2D eigenvalue weighted by Gasteiger charge is -2.21. The Kier molecular flexibility index (Phi) is 10.7. The Morgan fingerprint density at radius 3 is 2.80 bits per heavy atom. The van der Waals surface area contributed by atoms with Crippen molar-refractivity contribution in [2.75, 3.05) is 38.6 Å². The number of carbonyl (C=O) groups is 1. The van der Waals surface area contributed by atoms with Gasteiger partial charge in [-0.1, -0.05) is 26.0 Å². The number of hydrogen-bond acceptors (Lipinski definition) is 4. The van der Waals surface area contributed by atoms with Crippen LogP contribution >= 0.6 is 0 Å². The third-order valence-electron chi connectivity index (χ3n) is 5.49. The molecule has 2 rings (SSSR count). The molecule has 0 radical (unpaired) electrons. The van der Waals surface area contributed by atoms with Crippen LogP contribution in [0.2, 0.25) is 0 Å². The Morgan fingerprint density at radius 1 is 1.33 bits per heavy atom. The number of nitrogens with one attached hydrogen (secondary N) is 3. The first-order valence-corrected chi connectivity index (χ1v) is 11.3. The average Bonchev–Trinajstić information content (AvgIpc) is 3.29. The van der Waals surface area contributed by atoms with Gasteiger partial charge in [-0.05, 0) is 69.9 Å². The smallest absolute Gasteiger partial charge is 0.253 e. The SMILES string of the molecule is CCN(CC)CCCC(C)NC(=NC)NCc1cccc(NC(=O)C2CCCO2)c1. The Bertz CT molecular complexity index is 669. The zero-order valence-electron chi connectivity index (χ0n) is 19.0. The van der Waals surface area contributed by atoms with E-state index in [0.29, 0.717) is 19.2 Å². The van der Waals surface area contributed by atoms with E-state index in [9.17, 15) is 4.79 Å². The number of aliphatic imine (C=N–C) groups is 1. The summed E-state index contributed by atoms with van der Waals surface area (Å²) in [7, 11) is 1.79. The van der Waals surface area contributed by atoms with Crippen LogP contribution < -0.4 is 16.0 Å². The van der Waals surface area contributed by atoms with Crippen LogP contribution in [0, 0.1) is 0 Å². The van der Waals surface area contributed by atoms with Crippen molar-refractivity contribution >= 4 is 17.6 Å². The zero-order chi connectivity index (χ0) is 21.8. The fourth-order valence-corrected chi connectivity index (χ4v) is 3.61. The van der Waals surface area contributed by atoms with Gasteiger partial charge in [0.15, 0.2) is 5.96 Å². The summed E-state index contributed by atoms with van der Waals surface area (Å²) in [6, 6.07) is 8.23. The van der Waals surface area contributed by atoms with Crippen LogP contribution in [0.25, 0.3) is 0 Å². The van der Waals surface area contributed by atoms with Gasteiger partial charge in [-0.25, -0.2) is 0 Å². The molecule has 0 saturated carbocycles. The van der Waals surface area contributed by atoms with Crippen molar-refractivity contribution in [1.82, 2.24) is 15.5 Å². The molecule has 3 N–H and O–H groups in total. The highest BCUT2D eigenvalue weighted by atomic mass is 16.5. The summed E-state index contributed by atoms with van der Waals surface area (Å²) in [6.45, 7) is 11.3. The van der Waals surface area contributed by atoms with Crippen LogP contribution in [0.15, 0.2) is 29.3 Å². The van der Waals surface area contributed by atoms with E-state index in [1.165, 1.54) is 6.42 Å². The third kappa shape index (κ3) is 8.32. The number of anilines is 1. The summed E-state index contributed by atoms with van der Waals surface area (Å²) < 4.78 is 5.45. The van der Waals surface area contributed by atoms with Crippen molar-refractivity contribution in [1.29, 1.82) is 0 Å². The molecule has 7 nitrogen and oxygen atoms in total. The predicted molar refractivity (Wildman–Crippen MR) is 124 cm³/mol. The van der Waals surface area contributed by atoms with Gasteiger partial charge in [0.05, 0.1) is 0 Å². The maximum absolute atomic E-state index is 12.2. The minimum Gasteiger partial charge on any atom is -0.368 e. The monoisotopic (exact) mass is 417 g/mol. The van der Waals surface area contributed by atoms with Crippen molar-refractivity contribution < 1.29 is 9.53 Å². The van der Waals surface area contributed by atoms with E-state index in [1.807, 2.05) is 24.3 Å². The summed E-state index contributed by atoms with van der Waals surface area (Å²) in [5.41, 5.74) is 1.87. The van der Waals surface area contributed by atoms with Crippen molar-refractivity contribution in [2.45, 2.75) is 65.1 Å². The van der Waals surface area contributed by atoms with Crippen LogP contribution in [-0.2, 0) is 16.1 Å². The van der Waals surface area contributed by atoms with Gasteiger partial charge in [0.1, 0.15) is 6.10 Å². The molecule has 30 heavy (non-hydrogen) atoms. The van der Waals surface area contributed by atoms with Crippen molar-refractivity contribution in [3.63, 3.8) is 0 Å². The quantitative estimate of drug-likeness (QED) is 0.381. The van der Waals surface area contributed by atoms with Gasteiger partial charge in [-0.2, -0.15) is 0 Å². The number of ether oxygens (including phenoxy) is 1. The van der Waals surface area contributed by atoms with E-state index in [0.717, 1.165) is 56.1 Å². The van der Waals surface area contributed by atoms with E-state index in [1.54, 1.807) is 7.05 Å². The van der Waals surface area contributed by atoms with Crippen LogP contribution in [0.5, 0.6) is 0 Å². The molecule has 168 valence electrons. The number of benzene rings is 1. The van der Waals surface area contributed by atoms with E-state index in [4.69, 9.17) is 4.74 Å². The molecule has 1 saturated heterocycles. The molecule has 0 aromatic heterocycles. The second-order valence-electron chi connectivity index (χ2n) is 7.83. The van der Waals surface area contributed by atoms with Crippen LogP contribution in [0.3, 0.4) is 0 Å². The van der Waals surface area contributed by atoms with Gasteiger partial charge in [0, 0.05) is 31.9 Å². The molecule has 1 heterocycles. The second kappa shape index (κ2) is 13.2. The van der Waals surface area contributed by atoms with E-state index in [2.05, 4.69) is 46.6 Å². The number of guanidine groups is 1. The van der Waals surface area contributed by atoms with Gasteiger partial charge >= 0.3 is 0 Å². The first-order chi connectivity index (χ1) is 14.5. The minimum absolute atomic E-state index is 0.0615. The normalized spacial score (nSPS) is 17.8. The summed E-state index contributed by atoms with van der Waals surface area (Å²) in [6.07, 6.45) is 3.68. The van der Waals surface area contributed by atoms with Crippen LogP contribution in [-0.4, -0.2) is 62.2 Å². The summed E-state index contributed by atoms with van der Waals surface area (Å²) in [5.74, 6) is 0.729. The first kappa shape index (κ1) is 24.2. The van der Waals surface area contributed by atoms with Gasteiger partial charge < -0.3 is 25.6 Å². The van der Waals surface area contributed by atoms with E-state index < -0.39 is 0 Å². The second-order valence-corrected chi connectivity index (χ2v) is 7.83. The van der Waals surface area contributed by atoms with E-state index >= 15 is 0 Å². The molecule has 0 spiro atoms. The first-order valence-electron chi connectivity index (χ1n) is 11.3. The molecule has 1 fully saturated rings. The maximum atomic E-state index is 12.2.